The molecule has 15 aliphatic rings. The molecule has 10 bridgehead atoms. The van der Waals surface area contributed by atoms with Gasteiger partial charge in [0.15, 0.2) is 0 Å². The van der Waals surface area contributed by atoms with Gasteiger partial charge in [-0.25, -0.2) is 0 Å². The van der Waals surface area contributed by atoms with E-state index < -0.39 is 0 Å². The van der Waals surface area contributed by atoms with Crippen molar-refractivity contribution in [2.45, 2.75) is 193 Å². The Morgan fingerprint density at radius 2 is 0.343 bits per heavy atom. The summed E-state index contributed by atoms with van der Waals surface area (Å²) in [5.74, 6) is 7.45. The van der Waals surface area contributed by atoms with Crippen LogP contribution in [0.5, 0.6) is 28.7 Å². The average Bonchev–Trinajstić information content (AvgIpc) is 1.07. The first-order valence-electron chi connectivity index (χ1n) is 41.2. The van der Waals surface area contributed by atoms with E-state index in [2.05, 4.69) is 212 Å². The second-order valence-corrected chi connectivity index (χ2v) is 32.4. The summed E-state index contributed by atoms with van der Waals surface area (Å²) in [6.07, 6.45) is 34.5. The third-order valence-corrected chi connectivity index (χ3v) is 24.8. The van der Waals surface area contributed by atoms with Crippen LogP contribution in [-0.2, 0) is 32.1 Å². The zero-order valence-electron chi connectivity index (χ0n) is 62.4. The lowest BCUT2D eigenvalue weighted by atomic mass is 9.86. The Bertz CT molecular complexity index is 3790. The zero-order valence-corrected chi connectivity index (χ0v) is 62.4. The van der Waals surface area contributed by atoms with Gasteiger partial charge in [-0.05, 0) is 266 Å². The molecule has 25 rings (SSSR count). The Hall–Kier alpha value is -8.80. The van der Waals surface area contributed by atoms with Gasteiger partial charge < -0.3 is 23.7 Å². The van der Waals surface area contributed by atoms with Gasteiger partial charge in [0, 0.05) is 32.1 Å². The summed E-state index contributed by atoms with van der Waals surface area (Å²) in [5.41, 5.74) is 24.3. The molecule has 5 nitrogen and oxygen atoms in total. The fourth-order valence-corrected chi connectivity index (χ4v) is 18.7. The minimum atomic E-state index is 0.513. The molecule has 5 saturated carbocycles. The molecule has 0 amide bonds. The molecule has 0 spiro atoms. The molecule has 0 saturated heterocycles. The van der Waals surface area contributed by atoms with Crippen molar-refractivity contribution < 1.29 is 23.7 Å². The number of hydrogen-bond acceptors (Lipinski definition) is 5. The molecule has 540 valence electrons. The third-order valence-electron chi connectivity index (χ3n) is 24.8. The smallest absolute Gasteiger partial charge is 0.123 e. The number of benzene rings is 10. The third kappa shape index (κ3) is 17.7. The van der Waals surface area contributed by atoms with Gasteiger partial charge in [-0.1, -0.05) is 248 Å². The van der Waals surface area contributed by atoms with Crippen LogP contribution in [0.2, 0.25) is 0 Å². The van der Waals surface area contributed by atoms with Crippen molar-refractivity contribution in [3.05, 3.63) is 268 Å². The predicted octanol–water partition coefficient (Wildman–Crippen LogP) is 26.1. The van der Waals surface area contributed by atoms with Gasteiger partial charge in [0.25, 0.3) is 0 Å². The summed E-state index contributed by atoms with van der Waals surface area (Å²) in [7, 11) is 0. The summed E-state index contributed by atoms with van der Waals surface area (Å²) in [6, 6.07) is 81.0. The summed E-state index contributed by atoms with van der Waals surface area (Å²) in [6.45, 7) is 3.51. The van der Waals surface area contributed by atoms with Gasteiger partial charge in [0.05, 0.1) is 33.0 Å². The quantitative estimate of drug-likeness (QED) is 0.0761. The molecule has 5 fully saturated rings. The lowest BCUT2D eigenvalue weighted by Crippen LogP contribution is -2.17. The second kappa shape index (κ2) is 34.6. The monoisotopic (exact) mass is 1390 g/mol. The molecule has 15 aliphatic carbocycles. The van der Waals surface area contributed by atoms with Crippen LogP contribution >= 0.6 is 0 Å². The minimum absolute atomic E-state index is 0.513. The largest absolute Gasteiger partial charge is 0.493 e. The van der Waals surface area contributed by atoms with E-state index in [1.165, 1.54) is 272 Å². The second-order valence-electron chi connectivity index (χ2n) is 32.4. The molecular weight excluding hydrogens is 1280 g/mol. The van der Waals surface area contributed by atoms with Gasteiger partial charge in [0.1, 0.15) is 28.7 Å². The standard InChI is InChI=1S/C100H110O5/c1-11-31-71(32-12-1)66-101-96-61-81-52-87-57-93(78-45-25-8-26-46-78)83(63-98(87)103-68-73-35-15-3-16-36-73)54-89-59-95(80-49-29-10-30-50-80)85(65-100(89)105-70-75-39-19-5-20-40-75)55-90-60-94(79-47-27-9-28-48-79)84(64-99(90)104-69-74-37-17-4-18-38-74)53-88-58-92(77-43-23-7-24-44-77)82(62-97(88)102-67-72-33-13-2-14-34-72)51-86(96)56-91(81)76-41-21-6-22-42-76/h6-10,21-30,41-50,56-65,71-75H,1-5,11-20,31-40,51-55,66-70H2. The van der Waals surface area contributed by atoms with Crippen molar-refractivity contribution in [1.82, 2.24) is 0 Å². The molecule has 10 aromatic carbocycles. The highest BCUT2D eigenvalue weighted by Crippen LogP contribution is 2.46. The highest BCUT2D eigenvalue weighted by atomic mass is 16.5. The summed E-state index contributed by atoms with van der Waals surface area (Å²) >= 11 is 0. The van der Waals surface area contributed by atoms with E-state index in [9.17, 15) is 0 Å². The predicted molar refractivity (Wildman–Crippen MR) is 434 cm³/mol. The Morgan fingerprint density at radius 1 is 0.181 bits per heavy atom. The maximum absolute atomic E-state index is 7.52. The molecule has 105 heavy (non-hydrogen) atoms. The van der Waals surface area contributed by atoms with E-state index >= 15 is 0 Å². The van der Waals surface area contributed by atoms with Crippen LogP contribution in [-0.4, -0.2) is 33.0 Å². The normalized spacial score (nSPS) is 17.3. The van der Waals surface area contributed by atoms with Gasteiger partial charge in [0.2, 0.25) is 0 Å². The molecule has 0 atom stereocenters. The fourth-order valence-electron chi connectivity index (χ4n) is 18.7. The van der Waals surface area contributed by atoms with Crippen LogP contribution in [0.15, 0.2) is 212 Å². The van der Waals surface area contributed by atoms with Crippen molar-refractivity contribution in [3.63, 3.8) is 0 Å². The molecule has 0 heterocycles. The van der Waals surface area contributed by atoms with Crippen molar-refractivity contribution in [3.8, 4) is 84.4 Å². The van der Waals surface area contributed by atoms with Crippen LogP contribution in [0.25, 0.3) is 55.6 Å². The first-order chi connectivity index (χ1) is 52.0. The maximum Gasteiger partial charge on any atom is 0.123 e. The number of rotatable bonds is 20. The van der Waals surface area contributed by atoms with Crippen molar-refractivity contribution in [1.29, 1.82) is 0 Å². The van der Waals surface area contributed by atoms with Crippen LogP contribution in [0.4, 0.5) is 0 Å². The van der Waals surface area contributed by atoms with E-state index in [0.717, 1.165) is 28.7 Å². The average molecular weight is 1390 g/mol. The maximum atomic E-state index is 7.52. The Balaban J connectivity index is 0.964. The van der Waals surface area contributed by atoms with E-state index in [1.54, 1.807) is 0 Å². The topological polar surface area (TPSA) is 46.2 Å². The van der Waals surface area contributed by atoms with E-state index in [1.807, 2.05) is 0 Å². The molecule has 0 radical (unpaired) electrons. The van der Waals surface area contributed by atoms with Gasteiger partial charge in [-0.15, -0.1) is 0 Å². The van der Waals surface area contributed by atoms with Crippen molar-refractivity contribution in [2.24, 2.45) is 29.6 Å². The highest BCUT2D eigenvalue weighted by Gasteiger charge is 2.29. The van der Waals surface area contributed by atoms with Gasteiger partial charge >= 0.3 is 0 Å². The molecule has 0 aliphatic heterocycles. The van der Waals surface area contributed by atoms with Crippen molar-refractivity contribution in [2.75, 3.05) is 33.0 Å². The lowest BCUT2D eigenvalue weighted by Gasteiger charge is -2.26. The van der Waals surface area contributed by atoms with E-state index in [0.29, 0.717) is 94.7 Å². The van der Waals surface area contributed by atoms with Crippen LogP contribution in [0, 0.1) is 29.6 Å². The SMILES string of the molecule is c1ccc(-c2cc3c(OCC4CCCCC4)cc2Cc2cc(-c4ccccc4)c(cc2OCC2CCCCC2)Cc2cc(-c4ccccc4)c(cc2OCC2CCCCC2)Cc2cc(-c4ccccc4)c(cc2OCC2CCCCC2)Cc2cc(-c4ccccc4)c(cc2OCC2CCCCC2)C3)cc1. The molecule has 5 heteroatoms. The Morgan fingerprint density at radius 3 is 0.505 bits per heavy atom. The number of hydrogen-bond donors (Lipinski definition) is 0. The molecule has 0 aromatic heterocycles. The van der Waals surface area contributed by atoms with Crippen LogP contribution in [0.1, 0.15) is 216 Å². The first-order valence-corrected chi connectivity index (χ1v) is 41.2. The van der Waals surface area contributed by atoms with Gasteiger partial charge in [-0.2, -0.15) is 0 Å². The minimum Gasteiger partial charge on any atom is -0.493 e. The van der Waals surface area contributed by atoms with Gasteiger partial charge in [-0.3, -0.25) is 0 Å². The zero-order chi connectivity index (χ0) is 70.4. The molecular formula is C100H110O5. The van der Waals surface area contributed by atoms with E-state index in [4.69, 9.17) is 23.7 Å². The van der Waals surface area contributed by atoms with Crippen molar-refractivity contribution >= 4 is 0 Å². The summed E-state index contributed by atoms with van der Waals surface area (Å²) in [4.78, 5) is 0. The Labute approximate surface area is 627 Å². The highest BCUT2D eigenvalue weighted by molar-refractivity contribution is 5.79. The van der Waals surface area contributed by atoms with E-state index in [-0.39, 0.29) is 0 Å². The first kappa shape index (κ1) is 70.5. The van der Waals surface area contributed by atoms with Crippen LogP contribution in [0.3, 0.4) is 0 Å². The Kier molecular flexibility index (Phi) is 23.3. The summed E-state index contributed by atoms with van der Waals surface area (Å²) in [5, 5.41) is 0. The lowest BCUT2D eigenvalue weighted by molar-refractivity contribution is 0.206. The summed E-state index contributed by atoms with van der Waals surface area (Å²) < 4.78 is 37.6. The fraction of sp³-hybridized carbons (Fsp3) is 0.400. The number of ether oxygens (including phenoxy) is 5. The molecule has 0 unspecified atom stereocenters. The molecule has 10 aromatic rings. The molecule has 0 N–H and O–H groups in total. The van der Waals surface area contributed by atoms with Crippen LogP contribution < -0.4 is 23.7 Å².